The lowest BCUT2D eigenvalue weighted by Gasteiger charge is -2.39. The fourth-order valence-electron chi connectivity index (χ4n) is 3.51. The summed E-state index contributed by atoms with van der Waals surface area (Å²) in [5, 5.41) is 78.7. The zero-order chi connectivity index (χ0) is 24.0. The van der Waals surface area contributed by atoms with Gasteiger partial charge in [0, 0.05) is 17.7 Å². The molecule has 33 heavy (non-hydrogen) atoms. The van der Waals surface area contributed by atoms with E-state index in [-0.39, 0.29) is 22.3 Å². The summed E-state index contributed by atoms with van der Waals surface area (Å²) in [7, 11) is 0. The van der Waals surface area contributed by atoms with Crippen molar-refractivity contribution < 1.29 is 54.7 Å². The van der Waals surface area contributed by atoms with Crippen molar-refractivity contribution in [3.8, 4) is 40.1 Å². The van der Waals surface area contributed by atoms with Gasteiger partial charge >= 0.3 is 0 Å². The summed E-state index contributed by atoms with van der Waals surface area (Å²) < 4.78 is 16.5. The van der Waals surface area contributed by atoms with Gasteiger partial charge in [-0.1, -0.05) is 0 Å². The third kappa shape index (κ3) is 3.90. The molecule has 8 N–H and O–H groups in total. The molecule has 0 spiro atoms. The minimum atomic E-state index is -1.85. The molecule has 2 aromatic carbocycles. The summed E-state index contributed by atoms with van der Waals surface area (Å²) in [4.78, 5) is 13.2. The van der Waals surface area contributed by atoms with Crippen LogP contribution in [0.2, 0.25) is 0 Å². The van der Waals surface area contributed by atoms with Gasteiger partial charge in [0.15, 0.2) is 17.3 Å². The summed E-state index contributed by atoms with van der Waals surface area (Å²) in [6, 6.07) is 5.36. The highest BCUT2D eigenvalue weighted by atomic mass is 16.7. The highest BCUT2D eigenvalue weighted by Gasteiger charge is 2.45. The average Bonchev–Trinajstić information content (AvgIpc) is 2.76. The molecular weight excluding hydrogens is 444 g/mol. The van der Waals surface area contributed by atoms with E-state index in [1.165, 1.54) is 6.07 Å². The Morgan fingerprint density at radius 2 is 1.61 bits per heavy atom. The molecule has 0 bridgehead atoms. The molecule has 1 aliphatic rings. The van der Waals surface area contributed by atoms with Crippen molar-refractivity contribution in [1.82, 2.24) is 0 Å². The SMILES string of the molecule is O=c1c(O[C@@H]2OC(CO)[C@H](O)[C@H](O)[C@@H]2O)c(-c2ccc(O)c(O)c2)oc2cc(O)cc(O)c12. The Bertz CT molecular complexity index is 1250. The van der Waals surface area contributed by atoms with E-state index in [2.05, 4.69) is 0 Å². The van der Waals surface area contributed by atoms with E-state index in [0.29, 0.717) is 0 Å². The number of rotatable bonds is 4. The smallest absolute Gasteiger partial charge is 0.239 e. The summed E-state index contributed by atoms with van der Waals surface area (Å²) in [6.07, 6.45) is -8.40. The van der Waals surface area contributed by atoms with Crippen LogP contribution in [0.15, 0.2) is 39.5 Å². The van der Waals surface area contributed by atoms with Gasteiger partial charge in [-0.3, -0.25) is 4.79 Å². The third-order valence-electron chi connectivity index (χ3n) is 5.24. The van der Waals surface area contributed by atoms with E-state index in [9.17, 15) is 45.6 Å². The van der Waals surface area contributed by atoms with Gasteiger partial charge in [0.1, 0.15) is 46.9 Å². The number of fused-ring (bicyclic) bond motifs is 1. The maximum Gasteiger partial charge on any atom is 0.239 e. The Morgan fingerprint density at radius 1 is 0.879 bits per heavy atom. The average molecular weight is 464 g/mol. The van der Waals surface area contributed by atoms with Crippen LogP contribution < -0.4 is 10.2 Å². The second-order valence-electron chi connectivity index (χ2n) is 7.45. The van der Waals surface area contributed by atoms with Crippen molar-refractivity contribution in [3.05, 3.63) is 40.6 Å². The number of benzene rings is 2. The first-order valence-corrected chi connectivity index (χ1v) is 9.64. The fraction of sp³-hybridized carbons (Fsp3) is 0.286. The van der Waals surface area contributed by atoms with Crippen molar-refractivity contribution in [1.29, 1.82) is 0 Å². The molecule has 2 heterocycles. The number of ether oxygens (including phenoxy) is 2. The Balaban J connectivity index is 1.91. The molecule has 5 atom stereocenters. The zero-order valence-corrected chi connectivity index (χ0v) is 16.7. The molecule has 4 rings (SSSR count). The third-order valence-corrected chi connectivity index (χ3v) is 5.24. The Kier molecular flexibility index (Phi) is 5.78. The maximum atomic E-state index is 13.2. The summed E-state index contributed by atoms with van der Waals surface area (Å²) >= 11 is 0. The van der Waals surface area contributed by atoms with E-state index < -0.39 is 71.5 Å². The number of aliphatic hydroxyl groups excluding tert-OH is 4. The van der Waals surface area contributed by atoms with Gasteiger partial charge in [-0.25, -0.2) is 0 Å². The lowest BCUT2D eigenvalue weighted by molar-refractivity contribution is -0.277. The van der Waals surface area contributed by atoms with Crippen LogP contribution in [0.4, 0.5) is 0 Å². The Hall–Kier alpha value is -3.55. The molecule has 1 fully saturated rings. The number of phenolic OH excluding ortho intramolecular Hbond substituents is 4. The first-order valence-electron chi connectivity index (χ1n) is 9.64. The van der Waals surface area contributed by atoms with E-state index >= 15 is 0 Å². The molecule has 0 saturated carbocycles. The number of aliphatic hydroxyl groups is 4. The van der Waals surface area contributed by atoms with Crippen LogP contribution >= 0.6 is 0 Å². The van der Waals surface area contributed by atoms with Crippen LogP contribution in [0.25, 0.3) is 22.3 Å². The summed E-state index contributed by atoms with van der Waals surface area (Å²) in [5.41, 5.74) is -1.19. The lowest BCUT2D eigenvalue weighted by atomic mass is 9.99. The normalized spacial score (nSPS) is 25.3. The number of aromatic hydroxyl groups is 4. The van der Waals surface area contributed by atoms with Crippen molar-refractivity contribution >= 4 is 11.0 Å². The molecule has 0 amide bonds. The van der Waals surface area contributed by atoms with Gasteiger partial charge < -0.3 is 54.7 Å². The van der Waals surface area contributed by atoms with Crippen molar-refractivity contribution in [2.24, 2.45) is 0 Å². The number of hydrogen-bond acceptors (Lipinski definition) is 12. The highest BCUT2D eigenvalue weighted by molar-refractivity contribution is 5.88. The molecule has 0 radical (unpaired) electrons. The predicted molar refractivity (Wildman–Crippen MR) is 109 cm³/mol. The van der Waals surface area contributed by atoms with Crippen LogP contribution in [0.3, 0.4) is 0 Å². The van der Waals surface area contributed by atoms with Crippen molar-refractivity contribution in [2.45, 2.75) is 30.7 Å². The molecule has 1 saturated heterocycles. The molecule has 1 aromatic heterocycles. The van der Waals surface area contributed by atoms with Gasteiger partial charge in [0.2, 0.25) is 17.5 Å². The number of phenols is 4. The van der Waals surface area contributed by atoms with Gasteiger partial charge in [0.25, 0.3) is 0 Å². The first kappa shape index (κ1) is 22.6. The van der Waals surface area contributed by atoms with Crippen molar-refractivity contribution in [3.63, 3.8) is 0 Å². The standard InChI is InChI=1S/C21H20O12/c22-6-13-15(27)17(29)18(30)21(32-13)33-20-16(28)14-11(26)4-8(23)5-12(14)31-19(20)7-1-2-9(24)10(25)3-7/h1-5,13,15,17-18,21-27,29-30H,6H2/t13?,15-,17-,18-,21-/m0/s1. The molecule has 12 heteroatoms. The van der Waals surface area contributed by atoms with Crippen LogP contribution in [0.1, 0.15) is 0 Å². The van der Waals surface area contributed by atoms with Crippen LogP contribution in [-0.2, 0) is 4.74 Å². The quantitative estimate of drug-likeness (QED) is 0.229. The molecule has 0 aliphatic carbocycles. The van der Waals surface area contributed by atoms with E-state index in [1.54, 1.807) is 0 Å². The zero-order valence-electron chi connectivity index (χ0n) is 16.7. The second kappa shape index (κ2) is 8.42. The van der Waals surface area contributed by atoms with E-state index in [0.717, 1.165) is 24.3 Å². The van der Waals surface area contributed by atoms with Crippen LogP contribution in [0, 0.1) is 0 Å². The van der Waals surface area contributed by atoms with Crippen LogP contribution in [0.5, 0.6) is 28.7 Å². The van der Waals surface area contributed by atoms with E-state index in [4.69, 9.17) is 13.9 Å². The summed E-state index contributed by atoms with van der Waals surface area (Å²) in [6.45, 7) is -0.740. The Morgan fingerprint density at radius 3 is 2.27 bits per heavy atom. The minimum absolute atomic E-state index is 0.0201. The number of hydrogen-bond donors (Lipinski definition) is 8. The molecular formula is C21H20O12. The largest absolute Gasteiger partial charge is 0.508 e. The van der Waals surface area contributed by atoms with Gasteiger partial charge in [0.05, 0.1) is 6.61 Å². The van der Waals surface area contributed by atoms with Gasteiger partial charge in [-0.05, 0) is 18.2 Å². The Labute approximate surface area is 184 Å². The minimum Gasteiger partial charge on any atom is -0.508 e. The topological polar surface area (TPSA) is 211 Å². The molecule has 1 unspecified atom stereocenters. The van der Waals surface area contributed by atoms with Gasteiger partial charge in [-0.15, -0.1) is 0 Å². The van der Waals surface area contributed by atoms with Gasteiger partial charge in [-0.2, -0.15) is 0 Å². The van der Waals surface area contributed by atoms with Crippen LogP contribution in [-0.4, -0.2) is 78.2 Å². The maximum absolute atomic E-state index is 13.2. The van der Waals surface area contributed by atoms with Crippen molar-refractivity contribution in [2.75, 3.05) is 6.61 Å². The molecule has 3 aromatic rings. The fourth-order valence-corrected chi connectivity index (χ4v) is 3.51. The lowest BCUT2D eigenvalue weighted by Crippen LogP contribution is -2.60. The second-order valence-corrected chi connectivity index (χ2v) is 7.45. The summed E-state index contributed by atoms with van der Waals surface area (Å²) in [5.74, 6) is -3.05. The highest BCUT2D eigenvalue weighted by Crippen LogP contribution is 2.39. The molecule has 12 nitrogen and oxygen atoms in total. The first-order chi connectivity index (χ1) is 15.6. The molecule has 1 aliphatic heterocycles. The predicted octanol–water partition coefficient (Wildman–Crippen LogP) is -0.539. The monoisotopic (exact) mass is 464 g/mol. The van der Waals surface area contributed by atoms with E-state index in [1.807, 2.05) is 0 Å². The molecule has 176 valence electrons.